The molecule has 0 aromatic heterocycles. The lowest BCUT2D eigenvalue weighted by atomic mass is 10.1. The average Bonchev–Trinajstić information content (AvgIpc) is 2.41. The first kappa shape index (κ1) is 18.5. The molecule has 0 spiro atoms. The molecule has 0 aliphatic carbocycles. The van der Waals surface area contributed by atoms with Gasteiger partial charge >= 0.3 is 0 Å². The molecule has 0 unspecified atom stereocenters. The highest BCUT2D eigenvalue weighted by molar-refractivity contribution is 9.10. The van der Waals surface area contributed by atoms with Crippen LogP contribution in [0.5, 0.6) is 5.75 Å². The summed E-state index contributed by atoms with van der Waals surface area (Å²) in [5.41, 5.74) is 1.34. The van der Waals surface area contributed by atoms with Gasteiger partial charge in [-0.05, 0) is 71.4 Å². The van der Waals surface area contributed by atoms with Gasteiger partial charge in [0.05, 0.1) is 11.6 Å². The van der Waals surface area contributed by atoms with Crippen LogP contribution in [0.1, 0.15) is 46.1 Å². The van der Waals surface area contributed by atoms with Crippen LogP contribution in [0.15, 0.2) is 22.7 Å². The molecule has 1 aromatic carbocycles. The van der Waals surface area contributed by atoms with Crippen molar-refractivity contribution >= 4 is 15.9 Å². The molecule has 21 heavy (non-hydrogen) atoms. The molecule has 0 N–H and O–H groups in total. The summed E-state index contributed by atoms with van der Waals surface area (Å²) in [6.45, 7) is 12.6. The van der Waals surface area contributed by atoms with Crippen molar-refractivity contribution in [3.8, 4) is 5.75 Å². The third kappa shape index (κ3) is 7.32. The van der Waals surface area contributed by atoms with Gasteiger partial charge in [-0.25, -0.2) is 0 Å². The van der Waals surface area contributed by atoms with Crippen molar-refractivity contribution in [3.05, 3.63) is 28.2 Å². The van der Waals surface area contributed by atoms with Gasteiger partial charge in [0.2, 0.25) is 0 Å². The topological polar surface area (TPSA) is 12.5 Å². The second-order valence-corrected chi connectivity index (χ2v) is 7.46. The number of ether oxygens (including phenoxy) is 1. The average molecular weight is 356 g/mol. The van der Waals surface area contributed by atoms with Gasteiger partial charge in [-0.3, -0.25) is 4.90 Å². The highest BCUT2D eigenvalue weighted by Crippen LogP contribution is 2.26. The van der Waals surface area contributed by atoms with Crippen molar-refractivity contribution in [2.45, 2.75) is 47.1 Å². The molecular weight excluding hydrogens is 326 g/mol. The monoisotopic (exact) mass is 355 g/mol. The minimum absolute atomic E-state index is 0.758. The molecule has 0 bridgehead atoms. The molecule has 0 fully saturated rings. The van der Waals surface area contributed by atoms with Gasteiger partial charge in [0.15, 0.2) is 0 Å². The number of hydrogen-bond acceptors (Lipinski definition) is 2. The van der Waals surface area contributed by atoms with Gasteiger partial charge in [0.25, 0.3) is 0 Å². The third-order valence-electron chi connectivity index (χ3n) is 3.67. The molecule has 1 rings (SSSR count). The molecular formula is C18H30BrNO. The highest BCUT2D eigenvalue weighted by Gasteiger charge is 2.10. The van der Waals surface area contributed by atoms with Gasteiger partial charge in [0.1, 0.15) is 5.75 Å². The van der Waals surface area contributed by atoms with Crippen LogP contribution in [0.25, 0.3) is 0 Å². The minimum atomic E-state index is 0.758. The van der Waals surface area contributed by atoms with Crippen LogP contribution in [0.4, 0.5) is 0 Å². The smallest absolute Gasteiger partial charge is 0.133 e. The van der Waals surface area contributed by atoms with E-state index in [0.29, 0.717) is 0 Å². The highest BCUT2D eigenvalue weighted by atomic mass is 79.9. The molecule has 0 amide bonds. The Kier molecular flexibility index (Phi) is 8.35. The summed E-state index contributed by atoms with van der Waals surface area (Å²) in [6, 6.07) is 6.39. The summed E-state index contributed by atoms with van der Waals surface area (Å²) in [5.74, 6) is 2.41. The lowest BCUT2D eigenvalue weighted by molar-refractivity contribution is 0.235. The molecule has 0 atom stereocenters. The molecule has 0 radical (unpaired) electrons. The number of methoxy groups -OCH3 is 1. The first-order chi connectivity index (χ1) is 9.92. The third-order valence-corrected chi connectivity index (χ3v) is 4.29. The number of hydrogen-bond donors (Lipinski definition) is 0. The fraction of sp³-hybridized carbons (Fsp3) is 0.667. The summed E-state index contributed by atoms with van der Waals surface area (Å²) < 4.78 is 6.34. The molecule has 0 heterocycles. The van der Waals surface area contributed by atoms with Crippen molar-refractivity contribution in [1.29, 1.82) is 0 Å². The maximum atomic E-state index is 5.30. The Morgan fingerprint density at radius 1 is 1.05 bits per heavy atom. The van der Waals surface area contributed by atoms with Crippen LogP contribution in [-0.2, 0) is 6.54 Å². The Hall–Kier alpha value is -0.540. The zero-order chi connectivity index (χ0) is 15.8. The van der Waals surface area contributed by atoms with Crippen LogP contribution in [-0.4, -0.2) is 25.1 Å². The number of halogens is 1. The van der Waals surface area contributed by atoms with Crippen LogP contribution >= 0.6 is 15.9 Å². The van der Waals surface area contributed by atoms with Crippen LogP contribution < -0.4 is 4.74 Å². The minimum Gasteiger partial charge on any atom is -0.496 e. The Morgan fingerprint density at radius 3 is 2.05 bits per heavy atom. The maximum absolute atomic E-state index is 5.30. The fourth-order valence-corrected chi connectivity index (χ4v) is 2.81. The standard InChI is InChI=1S/C18H30BrNO/c1-14(2)8-10-20(11-9-15(3)4)13-16-6-7-18(21-5)17(19)12-16/h6-7,12,14-15H,8-11,13H2,1-5H3. The summed E-state index contributed by atoms with van der Waals surface area (Å²) in [5, 5.41) is 0. The van der Waals surface area contributed by atoms with Crippen molar-refractivity contribution < 1.29 is 4.74 Å². The molecule has 3 heteroatoms. The molecule has 0 aliphatic heterocycles. The van der Waals surface area contributed by atoms with E-state index in [-0.39, 0.29) is 0 Å². The quantitative estimate of drug-likeness (QED) is 0.591. The zero-order valence-corrected chi connectivity index (χ0v) is 15.7. The van der Waals surface area contributed by atoms with E-state index in [9.17, 15) is 0 Å². The van der Waals surface area contributed by atoms with Crippen molar-refractivity contribution in [1.82, 2.24) is 4.90 Å². The predicted octanol–water partition coefficient (Wildman–Crippen LogP) is 5.35. The number of rotatable bonds is 9. The fourth-order valence-electron chi connectivity index (χ4n) is 2.22. The van der Waals surface area contributed by atoms with Gasteiger partial charge in [0, 0.05) is 6.54 Å². The Bertz CT molecular complexity index is 406. The Balaban J connectivity index is 2.67. The van der Waals surface area contributed by atoms with Crippen molar-refractivity contribution in [2.24, 2.45) is 11.8 Å². The van der Waals surface area contributed by atoms with E-state index in [4.69, 9.17) is 4.74 Å². The van der Waals surface area contributed by atoms with Gasteiger partial charge in [-0.1, -0.05) is 33.8 Å². The van der Waals surface area contributed by atoms with E-state index in [2.05, 4.69) is 60.7 Å². The second kappa shape index (κ2) is 9.47. The first-order valence-electron chi connectivity index (χ1n) is 7.97. The van der Waals surface area contributed by atoms with E-state index >= 15 is 0 Å². The Morgan fingerprint density at radius 2 is 1.62 bits per heavy atom. The Labute approximate surface area is 139 Å². The van der Waals surface area contributed by atoms with Gasteiger partial charge in [-0.2, -0.15) is 0 Å². The van der Waals surface area contributed by atoms with E-state index < -0.39 is 0 Å². The normalized spacial score (nSPS) is 11.7. The molecule has 0 saturated heterocycles. The number of benzene rings is 1. The van der Waals surface area contributed by atoms with Gasteiger partial charge in [-0.15, -0.1) is 0 Å². The second-order valence-electron chi connectivity index (χ2n) is 6.61. The van der Waals surface area contributed by atoms with Crippen molar-refractivity contribution in [2.75, 3.05) is 20.2 Å². The molecule has 0 aliphatic rings. The molecule has 1 aromatic rings. The molecule has 0 saturated carbocycles. The van der Waals surface area contributed by atoms with E-state index in [1.165, 1.54) is 31.5 Å². The van der Waals surface area contributed by atoms with Gasteiger partial charge < -0.3 is 4.74 Å². The van der Waals surface area contributed by atoms with Crippen LogP contribution in [0, 0.1) is 11.8 Å². The SMILES string of the molecule is COc1ccc(CN(CCC(C)C)CCC(C)C)cc1Br. The van der Waals surface area contributed by atoms with Crippen LogP contribution in [0.3, 0.4) is 0 Å². The van der Waals surface area contributed by atoms with Crippen molar-refractivity contribution in [3.63, 3.8) is 0 Å². The van der Waals surface area contributed by atoms with E-state index in [0.717, 1.165) is 28.6 Å². The van der Waals surface area contributed by atoms with E-state index in [1.54, 1.807) is 7.11 Å². The maximum Gasteiger partial charge on any atom is 0.133 e. The van der Waals surface area contributed by atoms with Crippen LogP contribution in [0.2, 0.25) is 0 Å². The first-order valence-corrected chi connectivity index (χ1v) is 8.76. The summed E-state index contributed by atoms with van der Waals surface area (Å²) >= 11 is 3.58. The lowest BCUT2D eigenvalue weighted by Gasteiger charge is -2.24. The van der Waals surface area contributed by atoms with E-state index in [1.807, 2.05) is 6.07 Å². The number of nitrogens with zero attached hydrogens (tertiary/aromatic N) is 1. The summed E-state index contributed by atoms with van der Waals surface area (Å²) in [6.07, 6.45) is 2.52. The molecule has 2 nitrogen and oxygen atoms in total. The zero-order valence-electron chi connectivity index (χ0n) is 14.2. The summed E-state index contributed by atoms with van der Waals surface area (Å²) in [4.78, 5) is 2.58. The largest absolute Gasteiger partial charge is 0.496 e. The summed E-state index contributed by atoms with van der Waals surface area (Å²) in [7, 11) is 1.71. The lowest BCUT2D eigenvalue weighted by Crippen LogP contribution is -2.27. The predicted molar refractivity (Wildman–Crippen MR) is 94.9 cm³/mol. The molecule has 120 valence electrons.